The third-order valence-electron chi connectivity index (χ3n) is 2.97. The Kier molecular flexibility index (Phi) is 4.62. The highest BCUT2D eigenvalue weighted by molar-refractivity contribution is 6.32. The normalized spacial score (nSPS) is 10.1. The van der Waals surface area contributed by atoms with Crippen LogP contribution < -0.4 is 9.47 Å². The van der Waals surface area contributed by atoms with Gasteiger partial charge in [-0.15, -0.1) is 0 Å². The summed E-state index contributed by atoms with van der Waals surface area (Å²) in [4.78, 5) is 21.3. The molecule has 2 aromatic carbocycles. The Labute approximate surface area is 131 Å². The van der Waals surface area contributed by atoms with Gasteiger partial charge in [0.15, 0.2) is 6.29 Å². The molecule has 0 spiro atoms. The largest absolute Gasteiger partial charge is 0.496 e. The average molecular weight is 322 g/mol. The third kappa shape index (κ3) is 3.17. The van der Waals surface area contributed by atoms with Crippen LogP contribution in [0.25, 0.3) is 0 Å². The van der Waals surface area contributed by atoms with Gasteiger partial charge >= 0.3 is 0 Å². The van der Waals surface area contributed by atoms with Crippen LogP contribution in [0, 0.1) is 17.0 Å². The fraction of sp³-hybridized carbons (Fsp3) is 0.133. The lowest BCUT2D eigenvalue weighted by Gasteiger charge is -2.12. The number of methoxy groups -OCH3 is 1. The molecule has 0 aliphatic heterocycles. The molecular formula is C15H12ClNO5. The SMILES string of the molecule is COc1ccc(Oc2c(C)cc([N+](=O)[O-])cc2Cl)cc1C=O. The predicted molar refractivity (Wildman–Crippen MR) is 81.3 cm³/mol. The lowest BCUT2D eigenvalue weighted by molar-refractivity contribution is -0.384. The van der Waals surface area contributed by atoms with Crippen molar-refractivity contribution in [3.05, 3.63) is 56.6 Å². The van der Waals surface area contributed by atoms with Gasteiger partial charge in [0.05, 0.1) is 22.6 Å². The minimum atomic E-state index is -0.527. The van der Waals surface area contributed by atoms with E-state index in [0.717, 1.165) is 0 Å². The van der Waals surface area contributed by atoms with E-state index in [1.54, 1.807) is 19.1 Å². The number of nitrogens with zero attached hydrogens (tertiary/aromatic N) is 1. The van der Waals surface area contributed by atoms with Gasteiger partial charge in [0.1, 0.15) is 17.2 Å². The number of non-ortho nitro benzene ring substituents is 1. The highest BCUT2D eigenvalue weighted by atomic mass is 35.5. The molecule has 0 bridgehead atoms. The number of hydrogen-bond acceptors (Lipinski definition) is 5. The maximum absolute atomic E-state index is 11.0. The van der Waals surface area contributed by atoms with Crippen molar-refractivity contribution in [3.63, 3.8) is 0 Å². The van der Waals surface area contributed by atoms with E-state index in [9.17, 15) is 14.9 Å². The zero-order chi connectivity index (χ0) is 16.3. The van der Waals surface area contributed by atoms with Crippen molar-refractivity contribution in [2.24, 2.45) is 0 Å². The van der Waals surface area contributed by atoms with Crippen LogP contribution in [0.2, 0.25) is 5.02 Å². The molecule has 2 rings (SSSR count). The van der Waals surface area contributed by atoms with E-state index in [0.29, 0.717) is 34.7 Å². The standard InChI is InChI=1S/C15H12ClNO5/c1-9-5-11(17(19)20)7-13(16)15(9)22-12-3-4-14(21-2)10(6-12)8-18/h3-8H,1-2H3. The van der Waals surface area contributed by atoms with Crippen LogP contribution in [0.4, 0.5) is 5.69 Å². The fourth-order valence-corrected chi connectivity index (χ4v) is 2.23. The van der Waals surface area contributed by atoms with E-state index >= 15 is 0 Å². The van der Waals surface area contributed by atoms with Gasteiger partial charge in [-0.3, -0.25) is 14.9 Å². The number of nitro benzene ring substituents is 1. The number of hydrogen-bond donors (Lipinski definition) is 0. The lowest BCUT2D eigenvalue weighted by atomic mass is 10.2. The van der Waals surface area contributed by atoms with Crippen LogP contribution in [-0.2, 0) is 0 Å². The molecule has 0 heterocycles. The Balaban J connectivity index is 2.39. The third-order valence-corrected chi connectivity index (χ3v) is 3.25. The second-order valence-electron chi connectivity index (χ2n) is 4.45. The number of aldehydes is 1. The summed E-state index contributed by atoms with van der Waals surface area (Å²) >= 11 is 6.04. The monoisotopic (exact) mass is 321 g/mol. The van der Waals surface area contributed by atoms with Crippen LogP contribution in [-0.4, -0.2) is 18.3 Å². The molecule has 7 heteroatoms. The molecule has 0 aromatic heterocycles. The maximum atomic E-state index is 11.0. The van der Waals surface area contributed by atoms with Gasteiger partial charge in [-0.2, -0.15) is 0 Å². The predicted octanol–water partition coefficient (Wildman–Crippen LogP) is 4.17. The van der Waals surface area contributed by atoms with Gasteiger partial charge in [-0.1, -0.05) is 11.6 Å². The van der Waals surface area contributed by atoms with Gasteiger partial charge in [0.25, 0.3) is 5.69 Å². The molecule has 0 fully saturated rings. The van der Waals surface area contributed by atoms with Gasteiger partial charge in [-0.05, 0) is 25.1 Å². The summed E-state index contributed by atoms with van der Waals surface area (Å²) in [5.41, 5.74) is 0.733. The van der Waals surface area contributed by atoms with Crippen molar-refractivity contribution in [3.8, 4) is 17.2 Å². The summed E-state index contributed by atoms with van der Waals surface area (Å²) in [6.07, 6.45) is 0.649. The Morgan fingerprint density at radius 3 is 2.55 bits per heavy atom. The summed E-state index contributed by atoms with van der Waals surface area (Å²) in [5.74, 6) is 1.10. The summed E-state index contributed by atoms with van der Waals surface area (Å²) in [7, 11) is 1.46. The topological polar surface area (TPSA) is 78.7 Å². The van der Waals surface area contributed by atoms with E-state index in [2.05, 4.69) is 0 Å². The summed E-state index contributed by atoms with van der Waals surface area (Å²) in [6, 6.07) is 7.29. The number of carbonyl (C=O) groups excluding carboxylic acids is 1. The van der Waals surface area contributed by atoms with E-state index in [1.165, 1.54) is 25.3 Å². The van der Waals surface area contributed by atoms with Gasteiger partial charge in [0, 0.05) is 17.7 Å². The van der Waals surface area contributed by atoms with Crippen LogP contribution in [0.15, 0.2) is 30.3 Å². The molecule has 0 aliphatic rings. The molecule has 2 aromatic rings. The van der Waals surface area contributed by atoms with Gasteiger partial charge in [0.2, 0.25) is 0 Å². The molecule has 22 heavy (non-hydrogen) atoms. The molecule has 6 nitrogen and oxygen atoms in total. The molecule has 0 radical (unpaired) electrons. The molecular weight excluding hydrogens is 310 g/mol. The minimum Gasteiger partial charge on any atom is -0.496 e. The second kappa shape index (κ2) is 6.44. The molecule has 0 saturated heterocycles. The first kappa shape index (κ1) is 15.8. The molecule has 0 N–H and O–H groups in total. The number of benzene rings is 2. The van der Waals surface area contributed by atoms with E-state index in [-0.39, 0.29) is 10.7 Å². The zero-order valence-corrected chi connectivity index (χ0v) is 12.6. The molecule has 114 valence electrons. The number of rotatable bonds is 5. The first-order valence-electron chi connectivity index (χ1n) is 6.22. The number of aryl methyl sites for hydroxylation is 1. The molecule has 0 atom stereocenters. The molecule has 0 amide bonds. The highest BCUT2D eigenvalue weighted by Crippen LogP contribution is 2.36. The number of ether oxygens (including phenoxy) is 2. The Morgan fingerprint density at radius 1 is 1.27 bits per heavy atom. The van der Waals surface area contributed by atoms with Crippen LogP contribution in [0.1, 0.15) is 15.9 Å². The van der Waals surface area contributed by atoms with Crippen molar-refractivity contribution in [2.45, 2.75) is 6.92 Å². The quantitative estimate of drug-likeness (QED) is 0.469. The summed E-state index contributed by atoms with van der Waals surface area (Å²) in [5, 5.41) is 10.9. The maximum Gasteiger partial charge on any atom is 0.271 e. The summed E-state index contributed by atoms with van der Waals surface area (Å²) in [6.45, 7) is 1.65. The van der Waals surface area contributed by atoms with Crippen molar-refractivity contribution in [2.75, 3.05) is 7.11 Å². The lowest BCUT2D eigenvalue weighted by Crippen LogP contribution is -1.95. The Morgan fingerprint density at radius 2 is 2.00 bits per heavy atom. The highest BCUT2D eigenvalue weighted by Gasteiger charge is 2.15. The minimum absolute atomic E-state index is 0.113. The number of nitro groups is 1. The number of halogens is 1. The van der Waals surface area contributed by atoms with Gasteiger partial charge < -0.3 is 9.47 Å². The van der Waals surface area contributed by atoms with Crippen LogP contribution >= 0.6 is 11.6 Å². The average Bonchev–Trinajstić information content (AvgIpc) is 2.50. The van der Waals surface area contributed by atoms with Crippen molar-refractivity contribution >= 4 is 23.6 Å². The van der Waals surface area contributed by atoms with Crippen LogP contribution in [0.5, 0.6) is 17.2 Å². The van der Waals surface area contributed by atoms with E-state index in [1.807, 2.05) is 0 Å². The van der Waals surface area contributed by atoms with Crippen molar-refractivity contribution in [1.82, 2.24) is 0 Å². The van der Waals surface area contributed by atoms with Gasteiger partial charge in [-0.25, -0.2) is 0 Å². The van der Waals surface area contributed by atoms with E-state index < -0.39 is 4.92 Å². The Hall–Kier alpha value is -2.60. The number of carbonyl (C=O) groups is 1. The summed E-state index contributed by atoms with van der Waals surface area (Å²) < 4.78 is 10.7. The van der Waals surface area contributed by atoms with Crippen LogP contribution in [0.3, 0.4) is 0 Å². The fourth-order valence-electron chi connectivity index (χ4n) is 1.93. The molecule has 0 unspecified atom stereocenters. The Bertz CT molecular complexity index is 722. The van der Waals surface area contributed by atoms with Crippen molar-refractivity contribution in [1.29, 1.82) is 0 Å². The smallest absolute Gasteiger partial charge is 0.271 e. The van der Waals surface area contributed by atoms with Crippen molar-refractivity contribution < 1.29 is 19.2 Å². The van der Waals surface area contributed by atoms with E-state index in [4.69, 9.17) is 21.1 Å². The first-order chi connectivity index (χ1) is 10.5. The molecule has 0 saturated carbocycles. The zero-order valence-electron chi connectivity index (χ0n) is 11.8. The first-order valence-corrected chi connectivity index (χ1v) is 6.59. The molecule has 0 aliphatic carbocycles. The second-order valence-corrected chi connectivity index (χ2v) is 4.86.